The van der Waals surface area contributed by atoms with Crippen LogP contribution in [0.15, 0.2) is 60.9 Å². The second-order valence-electron chi connectivity index (χ2n) is 11.7. The highest BCUT2D eigenvalue weighted by Gasteiger charge is 2.47. The number of fused-ring (bicyclic) bond motifs is 2. The van der Waals surface area contributed by atoms with Gasteiger partial charge in [0.1, 0.15) is 18.5 Å². The van der Waals surface area contributed by atoms with Crippen molar-refractivity contribution in [1.82, 2.24) is 4.90 Å². The number of hydrogen-bond donors (Lipinski definition) is 1. The first-order valence-corrected chi connectivity index (χ1v) is 15.3. The fourth-order valence-corrected chi connectivity index (χ4v) is 6.82. The van der Waals surface area contributed by atoms with E-state index in [1.54, 1.807) is 0 Å². The van der Waals surface area contributed by atoms with Gasteiger partial charge in [-0.1, -0.05) is 37.6 Å². The van der Waals surface area contributed by atoms with Gasteiger partial charge in [0.05, 0.1) is 19.1 Å². The van der Waals surface area contributed by atoms with Gasteiger partial charge in [-0.15, -0.1) is 0 Å². The first-order chi connectivity index (χ1) is 20.9. The molecule has 3 atom stereocenters. The zero-order chi connectivity index (χ0) is 29.9. The fraction of sp³-hybridized carbons (Fsp3) is 0.441. The topological polar surface area (TPSA) is 92.4 Å². The van der Waals surface area contributed by atoms with Gasteiger partial charge in [-0.2, -0.15) is 0 Å². The summed E-state index contributed by atoms with van der Waals surface area (Å²) in [6, 6.07) is 15.5. The summed E-state index contributed by atoms with van der Waals surface area (Å²) in [4.78, 5) is 31.0. The van der Waals surface area contributed by atoms with Crippen molar-refractivity contribution in [1.29, 1.82) is 0 Å². The van der Waals surface area contributed by atoms with Crippen molar-refractivity contribution >= 4 is 17.6 Å². The smallest absolute Gasteiger partial charge is 0.308 e. The van der Waals surface area contributed by atoms with Crippen LogP contribution < -0.4 is 23.7 Å². The molecule has 1 fully saturated rings. The summed E-state index contributed by atoms with van der Waals surface area (Å²) in [7, 11) is 1.95. The number of carboxylic acids is 1. The number of anilines is 1. The zero-order valence-electron chi connectivity index (χ0n) is 24.9. The lowest BCUT2D eigenvalue weighted by molar-refractivity contribution is -0.670. The number of nitrogens with zero attached hydrogens (tertiary/aromatic N) is 3. The Morgan fingerprint density at radius 3 is 2.79 bits per heavy atom. The minimum Gasteiger partial charge on any atom is -0.493 e. The van der Waals surface area contributed by atoms with Gasteiger partial charge in [0, 0.05) is 37.5 Å². The highest BCUT2D eigenvalue weighted by atomic mass is 16.7. The second kappa shape index (κ2) is 12.6. The highest BCUT2D eigenvalue weighted by Crippen LogP contribution is 2.43. The van der Waals surface area contributed by atoms with Crippen molar-refractivity contribution in [3.8, 4) is 17.2 Å². The van der Waals surface area contributed by atoms with Crippen LogP contribution in [-0.4, -0.2) is 61.0 Å². The maximum absolute atomic E-state index is 14.0. The van der Waals surface area contributed by atoms with E-state index in [9.17, 15) is 14.7 Å². The minimum atomic E-state index is -0.836. The van der Waals surface area contributed by atoms with Crippen LogP contribution in [0, 0.1) is 5.92 Å². The van der Waals surface area contributed by atoms with Gasteiger partial charge in [-0.25, -0.2) is 4.57 Å². The number of likely N-dealkylation sites (tertiary alicyclic amines) is 1. The van der Waals surface area contributed by atoms with E-state index in [0.717, 1.165) is 53.1 Å². The third kappa shape index (κ3) is 6.04. The molecule has 1 N–H and O–H groups in total. The molecule has 9 nitrogen and oxygen atoms in total. The molecule has 3 aliphatic rings. The maximum atomic E-state index is 14.0. The Morgan fingerprint density at radius 1 is 1.09 bits per heavy atom. The quantitative estimate of drug-likeness (QED) is 0.338. The number of carboxylic acid groups (broad SMARTS) is 1. The number of rotatable bonds is 11. The van der Waals surface area contributed by atoms with Crippen LogP contribution in [0.2, 0.25) is 0 Å². The summed E-state index contributed by atoms with van der Waals surface area (Å²) in [5.74, 6) is 0.549. The number of hydrogen-bond acceptors (Lipinski definition) is 6. The lowest BCUT2D eigenvalue weighted by Crippen LogP contribution is -2.45. The van der Waals surface area contributed by atoms with Crippen LogP contribution in [-0.2, 0) is 29.5 Å². The van der Waals surface area contributed by atoms with Gasteiger partial charge in [-0.3, -0.25) is 14.5 Å². The molecule has 1 aromatic heterocycles. The Kier molecular flexibility index (Phi) is 8.51. The predicted octanol–water partition coefficient (Wildman–Crippen LogP) is 4.11. The Labute approximate surface area is 252 Å². The summed E-state index contributed by atoms with van der Waals surface area (Å²) in [5.41, 5.74) is 3.95. The number of amides is 1. The van der Waals surface area contributed by atoms with Crippen LogP contribution in [0.3, 0.4) is 0 Å². The summed E-state index contributed by atoms with van der Waals surface area (Å²) < 4.78 is 19.0. The standard InChI is InChI=1S/C34H39N3O6/c1-3-4-16-37(26-8-6-15-35(2)19-26)31(38)21-36-20-27(24-11-13-29-25(18-24)14-17-41-29)32(34(39)40)28(36)12-10-23-7-5-9-30-33(23)43-22-42-30/h5-9,11,13,15,18-19,27-28,32H,3-4,10,12,14,16-17,20-22H2,1-2H3/p+1/t27-,28+,32-/m1/s1. The molecule has 0 saturated carbocycles. The predicted molar refractivity (Wildman–Crippen MR) is 161 cm³/mol. The molecule has 0 bridgehead atoms. The molecule has 0 radical (unpaired) electrons. The zero-order valence-corrected chi connectivity index (χ0v) is 24.9. The number of unbranched alkanes of at least 4 members (excludes halogenated alkanes) is 1. The van der Waals surface area contributed by atoms with E-state index in [2.05, 4.69) is 17.9 Å². The number of para-hydroxylation sites is 1. The summed E-state index contributed by atoms with van der Waals surface area (Å²) >= 11 is 0. The van der Waals surface area contributed by atoms with Crippen molar-refractivity contribution in [2.75, 3.05) is 37.9 Å². The highest BCUT2D eigenvalue weighted by molar-refractivity contribution is 5.94. The number of carbonyl (C=O) groups excluding carboxylic acids is 1. The molecule has 2 aromatic carbocycles. The van der Waals surface area contributed by atoms with Crippen molar-refractivity contribution in [2.45, 2.75) is 51.0 Å². The van der Waals surface area contributed by atoms with E-state index >= 15 is 0 Å². The van der Waals surface area contributed by atoms with Crippen LogP contribution >= 0.6 is 0 Å². The molecular formula is C34H40N3O6+. The number of aromatic nitrogens is 1. The van der Waals surface area contributed by atoms with E-state index in [1.807, 2.05) is 71.4 Å². The molecule has 226 valence electrons. The van der Waals surface area contributed by atoms with E-state index in [1.165, 1.54) is 0 Å². The largest absolute Gasteiger partial charge is 0.493 e. The van der Waals surface area contributed by atoms with E-state index in [-0.39, 0.29) is 31.2 Å². The molecule has 43 heavy (non-hydrogen) atoms. The van der Waals surface area contributed by atoms with Gasteiger partial charge >= 0.3 is 5.97 Å². The molecule has 1 amide bonds. The molecule has 3 aromatic rings. The number of ether oxygens (including phenoxy) is 3. The summed E-state index contributed by atoms with van der Waals surface area (Å²) in [6.45, 7) is 4.19. The van der Waals surface area contributed by atoms with Crippen molar-refractivity contribution < 1.29 is 33.5 Å². The molecule has 6 rings (SSSR count). The Balaban J connectivity index is 1.30. The number of aryl methyl sites for hydroxylation is 2. The molecule has 0 spiro atoms. The molecule has 9 heteroatoms. The minimum absolute atomic E-state index is 0.0193. The van der Waals surface area contributed by atoms with Crippen molar-refractivity contribution in [3.63, 3.8) is 0 Å². The van der Waals surface area contributed by atoms with Gasteiger partial charge < -0.3 is 24.2 Å². The van der Waals surface area contributed by atoms with E-state index in [0.29, 0.717) is 38.3 Å². The summed E-state index contributed by atoms with van der Waals surface area (Å²) in [5, 5.41) is 10.7. The lowest BCUT2D eigenvalue weighted by atomic mass is 9.83. The lowest BCUT2D eigenvalue weighted by Gasteiger charge is -2.29. The van der Waals surface area contributed by atoms with E-state index in [4.69, 9.17) is 14.2 Å². The van der Waals surface area contributed by atoms with Crippen molar-refractivity contribution in [2.24, 2.45) is 13.0 Å². The van der Waals surface area contributed by atoms with Crippen molar-refractivity contribution in [3.05, 3.63) is 77.6 Å². The van der Waals surface area contributed by atoms with E-state index < -0.39 is 11.9 Å². The Morgan fingerprint density at radius 2 is 1.98 bits per heavy atom. The molecule has 4 heterocycles. The first-order valence-electron chi connectivity index (χ1n) is 15.3. The first kappa shape index (κ1) is 29.0. The monoisotopic (exact) mass is 586 g/mol. The Hall–Kier alpha value is -4.11. The van der Waals surface area contributed by atoms with Gasteiger partial charge in [0.15, 0.2) is 23.9 Å². The Bertz CT molecular complexity index is 1490. The SMILES string of the molecule is CCCCN(C(=O)CN1C[C@H](c2ccc3c(c2)CCO3)[C@@H](C(=O)O)[C@@H]1CCc1cccc2c1OCO2)c1ccc[n+](C)c1. The van der Waals surface area contributed by atoms with Crippen LogP contribution in [0.1, 0.15) is 48.8 Å². The third-order valence-corrected chi connectivity index (χ3v) is 8.97. The fourth-order valence-electron chi connectivity index (χ4n) is 6.82. The molecule has 3 aliphatic heterocycles. The molecule has 0 aliphatic carbocycles. The van der Waals surface area contributed by atoms with Gasteiger partial charge in [0.25, 0.3) is 0 Å². The third-order valence-electron chi connectivity index (χ3n) is 8.97. The van der Waals surface area contributed by atoms with Crippen LogP contribution in [0.25, 0.3) is 0 Å². The van der Waals surface area contributed by atoms with Crippen LogP contribution in [0.4, 0.5) is 5.69 Å². The average molecular weight is 587 g/mol. The maximum Gasteiger partial charge on any atom is 0.308 e. The molecule has 1 saturated heterocycles. The van der Waals surface area contributed by atoms with Gasteiger partial charge in [-0.05, 0) is 54.2 Å². The number of benzene rings is 2. The van der Waals surface area contributed by atoms with Crippen LogP contribution in [0.5, 0.6) is 17.2 Å². The number of carbonyl (C=O) groups is 2. The van der Waals surface area contributed by atoms with Gasteiger partial charge in [0.2, 0.25) is 12.7 Å². The normalized spacial score (nSPS) is 20.6. The molecular weight excluding hydrogens is 546 g/mol. The molecule has 0 unspecified atom stereocenters. The second-order valence-corrected chi connectivity index (χ2v) is 11.7. The average Bonchev–Trinajstić information content (AvgIpc) is 3.74. The number of pyridine rings is 1. The number of aliphatic carboxylic acids is 1. The summed E-state index contributed by atoms with van der Waals surface area (Å²) in [6.07, 6.45) is 7.76.